The molecule has 0 saturated carbocycles. The molecule has 8 nitrogen and oxygen atoms in total. The number of nitrogens with zero attached hydrogens (tertiary/aromatic N) is 3. The number of aryl methyl sites for hydroxylation is 1. The SMILES string of the molecule is Cc1cccc(N2CCN(/C=C(/C#N)C(=O)Nc3ccc(S(=O)(=O)O)cc3)CC2)c1C. The van der Waals surface area contributed by atoms with E-state index in [-0.39, 0.29) is 10.5 Å². The lowest BCUT2D eigenvalue weighted by atomic mass is 10.1. The van der Waals surface area contributed by atoms with Gasteiger partial charge >= 0.3 is 0 Å². The monoisotopic (exact) mass is 440 g/mol. The van der Waals surface area contributed by atoms with E-state index in [0.29, 0.717) is 18.8 Å². The first kappa shape index (κ1) is 22.3. The van der Waals surface area contributed by atoms with Crippen LogP contribution in [0.15, 0.2) is 59.1 Å². The van der Waals surface area contributed by atoms with E-state index in [1.54, 1.807) is 6.20 Å². The predicted molar refractivity (Wildman–Crippen MR) is 118 cm³/mol. The number of anilines is 2. The third-order valence-electron chi connectivity index (χ3n) is 5.32. The van der Waals surface area contributed by atoms with Crippen molar-refractivity contribution in [1.29, 1.82) is 5.26 Å². The van der Waals surface area contributed by atoms with E-state index in [1.807, 2.05) is 17.0 Å². The number of piperazine rings is 1. The third kappa shape index (κ3) is 5.42. The molecule has 2 N–H and O–H groups in total. The second-order valence-electron chi connectivity index (χ2n) is 7.35. The molecule has 162 valence electrons. The minimum absolute atomic E-state index is 0.0426. The number of carbonyl (C=O) groups excluding carboxylic acids is 1. The molecule has 0 bridgehead atoms. The average molecular weight is 441 g/mol. The van der Waals surface area contributed by atoms with Crippen molar-refractivity contribution in [3.63, 3.8) is 0 Å². The maximum atomic E-state index is 12.5. The van der Waals surface area contributed by atoms with Gasteiger partial charge in [-0.25, -0.2) is 0 Å². The molecule has 0 aromatic heterocycles. The minimum Gasteiger partial charge on any atom is -0.373 e. The zero-order valence-corrected chi connectivity index (χ0v) is 18.2. The molecule has 1 aliphatic heterocycles. The molecule has 0 atom stereocenters. The lowest BCUT2D eigenvalue weighted by molar-refractivity contribution is -0.112. The number of nitrogens with one attached hydrogen (secondary N) is 1. The van der Waals surface area contributed by atoms with Gasteiger partial charge in [-0.2, -0.15) is 13.7 Å². The van der Waals surface area contributed by atoms with Crippen molar-refractivity contribution in [2.45, 2.75) is 18.7 Å². The van der Waals surface area contributed by atoms with Crippen LogP contribution in [0.2, 0.25) is 0 Å². The van der Waals surface area contributed by atoms with Gasteiger partial charge in [-0.05, 0) is 55.3 Å². The van der Waals surface area contributed by atoms with Crippen molar-refractivity contribution in [3.05, 3.63) is 65.4 Å². The summed E-state index contributed by atoms with van der Waals surface area (Å²) in [6.07, 6.45) is 1.56. The van der Waals surface area contributed by atoms with E-state index in [0.717, 1.165) is 13.1 Å². The molecule has 9 heteroatoms. The highest BCUT2D eigenvalue weighted by molar-refractivity contribution is 7.85. The van der Waals surface area contributed by atoms with Gasteiger partial charge in [-0.1, -0.05) is 12.1 Å². The van der Waals surface area contributed by atoms with Gasteiger partial charge in [-0.3, -0.25) is 9.35 Å². The largest absolute Gasteiger partial charge is 0.373 e. The minimum atomic E-state index is -4.31. The maximum absolute atomic E-state index is 12.5. The molecule has 2 aromatic carbocycles. The first-order chi connectivity index (χ1) is 14.7. The van der Waals surface area contributed by atoms with Crippen LogP contribution >= 0.6 is 0 Å². The van der Waals surface area contributed by atoms with Gasteiger partial charge in [0.1, 0.15) is 11.6 Å². The van der Waals surface area contributed by atoms with E-state index in [2.05, 4.69) is 36.2 Å². The Bertz CT molecular complexity index is 1140. The molecule has 31 heavy (non-hydrogen) atoms. The fourth-order valence-electron chi connectivity index (χ4n) is 3.40. The van der Waals surface area contributed by atoms with E-state index in [9.17, 15) is 18.5 Å². The molecular weight excluding hydrogens is 416 g/mol. The van der Waals surface area contributed by atoms with E-state index < -0.39 is 16.0 Å². The summed E-state index contributed by atoms with van der Waals surface area (Å²) >= 11 is 0. The average Bonchev–Trinajstić information content (AvgIpc) is 2.74. The summed E-state index contributed by atoms with van der Waals surface area (Å²) in [5.74, 6) is -0.584. The number of carbonyl (C=O) groups is 1. The zero-order chi connectivity index (χ0) is 22.6. The molecule has 1 saturated heterocycles. The molecule has 1 amide bonds. The van der Waals surface area contributed by atoms with Crippen LogP contribution in [0.1, 0.15) is 11.1 Å². The molecule has 1 heterocycles. The highest BCUT2D eigenvalue weighted by atomic mass is 32.2. The fourth-order valence-corrected chi connectivity index (χ4v) is 3.88. The smallest absolute Gasteiger partial charge is 0.294 e. The second kappa shape index (κ2) is 9.20. The van der Waals surface area contributed by atoms with Gasteiger partial charge in [-0.15, -0.1) is 0 Å². The number of nitriles is 1. The number of hydrogen-bond donors (Lipinski definition) is 2. The Morgan fingerprint density at radius 2 is 1.74 bits per heavy atom. The maximum Gasteiger partial charge on any atom is 0.294 e. The summed E-state index contributed by atoms with van der Waals surface area (Å²) in [4.78, 5) is 16.4. The Hall–Kier alpha value is -3.35. The van der Waals surface area contributed by atoms with Gasteiger partial charge in [0, 0.05) is 43.8 Å². The van der Waals surface area contributed by atoms with Crippen molar-refractivity contribution in [1.82, 2.24) is 4.90 Å². The van der Waals surface area contributed by atoms with Gasteiger partial charge in [0.05, 0.1) is 4.90 Å². The summed E-state index contributed by atoms with van der Waals surface area (Å²) in [5.41, 5.74) is 3.98. The van der Waals surface area contributed by atoms with Crippen molar-refractivity contribution < 1.29 is 17.8 Å². The Morgan fingerprint density at radius 3 is 2.32 bits per heavy atom. The number of amides is 1. The number of hydrogen-bond acceptors (Lipinski definition) is 6. The van der Waals surface area contributed by atoms with Crippen LogP contribution in [0.4, 0.5) is 11.4 Å². The van der Waals surface area contributed by atoms with Crippen molar-refractivity contribution in [3.8, 4) is 6.07 Å². The van der Waals surface area contributed by atoms with Gasteiger partial charge in [0.25, 0.3) is 16.0 Å². The van der Waals surface area contributed by atoms with E-state index in [4.69, 9.17) is 4.55 Å². The molecule has 0 radical (unpaired) electrons. The van der Waals surface area contributed by atoms with E-state index in [1.165, 1.54) is 41.1 Å². The fraction of sp³-hybridized carbons (Fsp3) is 0.273. The Labute approximate surface area is 182 Å². The van der Waals surface area contributed by atoms with Crippen LogP contribution in [0.5, 0.6) is 0 Å². The van der Waals surface area contributed by atoms with E-state index >= 15 is 0 Å². The normalized spacial score (nSPS) is 14.8. The molecule has 1 aliphatic rings. The predicted octanol–water partition coefficient (Wildman–Crippen LogP) is 2.72. The third-order valence-corrected chi connectivity index (χ3v) is 6.19. The van der Waals surface area contributed by atoms with Crippen LogP contribution in [0.3, 0.4) is 0 Å². The Kier molecular flexibility index (Phi) is 6.63. The highest BCUT2D eigenvalue weighted by Gasteiger charge is 2.19. The van der Waals surface area contributed by atoms with Crippen molar-refractivity contribution >= 4 is 27.4 Å². The number of rotatable bonds is 5. The van der Waals surface area contributed by atoms with Crippen molar-refractivity contribution in [2.75, 3.05) is 36.4 Å². The molecule has 0 unspecified atom stereocenters. The Balaban J connectivity index is 1.63. The van der Waals surface area contributed by atoms with Crippen LogP contribution in [-0.2, 0) is 14.9 Å². The van der Waals surface area contributed by atoms with Gasteiger partial charge < -0.3 is 15.1 Å². The van der Waals surface area contributed by atoms with Gasteiger partial charge in [0.15, 0.2) is 0 Å². The number of benzene rings is 2. The van der Waals surface area contributed by atoms with Crippen LogP contribution in [0, 0.1) is 25.2 Å². The molecular formula is C22H24N4O4S. The highest BCUT2D eigenvalue weighted by Crippen LogP contribution is 2.24. The van der Waals surface area contributed by atoms with Crippen molar-refractivity contribution in [2.24, 2.45) is 0 Å². The molecule has 0 spiro atoms. The summed E-state index contributed by atoms with van der Waals surface area (Å²) in [5, 5.41) is 12.0. The molecule has 0 aliphatic carbocycles. The van der Waals surface area contributed by atoms with Crippen LogP contribution in [-0.4, -0.2) is 50.0 Å². The summed E-state index contributed by atoms with van der Waals surface area (Å²) in [7, 11) is -4.31. The summed E-state index contributed by atoms with van der Waals surface area (Å²) in [6, 6.07) is 13.2. The standard InChI is InChI=1S/C22H24N4O4S/c1-16-4-3-5-21(17(16)2)26-12-10-25(11-13-26)15-18(14-23)22(27)24-19-6-8-20(9-7-19)31(28,29)30/h3-9,15H,10-13H2,1-2H3,(H,24,27)(H,28,29,30)/b18-15-. The Morgan fingerprint density at radius 1 is 1.10 bits per heavy atom. The second-order valence-corrected chi connectivity index (χ2v) is 8.77. The lowest BCUT2D eigenvalue weighted by Gasteiger charge is -2.36. The molecule has 1 fully saturated rings. The van der Waals surface area contributed by atoms with Crippen LogP contribution in [0.25, 0.3) is 0 Å². The quantitative estimate of drug-likeness (QED) is 0.417. The first-order valence-electron chi connectivity index (χ1n) is 9.75. The molecule has 2 aromatic rings. The summed E-state index contributed by atoms with van der Waals surface area (Å²) in [6.45, 7) is 7.10. The van der Waals surface area contributed by atoms with Crippen LogP contribution < -0.4 is 10.2 Å². The molecule has 3 rings (SSSR count). The zero-order valence-electron chi connectivity index (χ0n) is 17.4. The topological polar surface area (TPSA) is 114 Å². The lowest BCUT2D eigenvalue weighted by Crippen LogP contribution is -2.44. The first-order valence-corrected chi connectivity index (χ1v) is 11.2. The summed E-state index contributed by atoms with van der Waals surface area (Å²) < 4.78 is 31.2. The van der Waals surface area contributed by atoms with Gasteiger partial charge in [0.2, 0.25) is 0 Å².